The number of pyridine rings is 4. The summed E-state index contributed by atoms with van der Waals surface area (Å²) in [5, 5.41) is 49.8. The molecule has 9 saturated carbocycles. The zero-order valence-corrected chi connectivity index (χ0v) is 81.1. The fourth-order valence-corrected chi connectivity index (χ4v) is 24.4. The van der Waals surface area contributed by atoms with Crippen molar-refractivity contribution in [3.8, 4) is 11.4 Å². The molecule has 2 atom stereocenters. The van der Waals surface area contributed by atoms with E-state index >= 15 is 0 Å². The summed E-state index contributed by atoms with van der Waals surface area (Å²) in [6.07, 6.45) is 35.6. The van der Waals surface area contributed by atoms with E-state index in [9.17, 15) is 24.3 Å². The van der Waals surface area contributed by atoms with Crippen LogP contribution in [0.2, 0.25) is 25.1 Å². The summed E-state index contributed by atoms with van der Waals surface area (Å²) >= 11 is 31.0. The molecule has 2 aliphatic heterocycles. The fourth-order valence-electron chi connectivity index (χ4n) is 23.5. The number of aromatic nitrogens is 8. The summed E-state index contributed by atoms with van der Waals surface area (Å²) < 4.78 is 1.66. The molecule has 702 valence electrons. The maximum Gasteiger partial charge on any atom is 0.253 e. The van der Waals surface area contributed by atoms with Crippen molar-refractivity contribution in [2.45, 2.75) is 226 Å². The number of carbonyl (C=O) groups is 4. The third-order valence-corrected chi connectivity index (χ3v) is 31.4. The Bertz CT molecular complexity index is 5650. The van der Waals surface area contributed by atoms with Gasteiger partial charge in [-0.25, -0.2) is 9.67 Å². The lowest BCUT2D eigenvalue weighted by Gasteiger charge is -2.57. The molecule has 21 rings (SSSR count). The number of fused-ring (bicyclic) bond motifs is 2. The standard InChI is InChI=1S/C25H34ClN3O3.C24H28ClN3O.C24H33ClN2O.C21H24N2O.C13H9Cl2N5/c26-20-8-9-21-19(7-10-22(28-21)29-14-11-18(16-29)6-5-15-30)23(20)24(31)27-17-25(32)12-3-1-2-4-13-25;1-17-19(7-6-12-27-17)14-22(28-26-5)15-20(24(2,3)4)16-23(29)13-18-8-10-21(25)11-9-18;25-22-2-1-17(16-27-7-5-26-6-8-27)12-21(22)23(28)3-4-24-13-18-9-19(14-24)11-20(10-18)15-24;24-20(21-10-14-7-15(11-21)9-16(8-14)12-21)23-13-17-3-1-5-19-18(17)4-2-6-22-19;14-11-5-1-4-10(12(11)15)13-17-18-19-20(13)8-9-3-2-6-16-7-9/h7-10,18,30,32H,1-6,11-17H2,(H,27,31);6-12,20H,13-16H2,1-4H3;1-2,12,18-20,26H,3-11,13-16H2;1-6,14-16H,7-13H2,(H,23,24);1-7H,8H2/b;28-22+;;;/t18-;;;;/m0..../s1. The maximum absolute atomic E-state index is 13.1. The molecule has 11 aliphatic rings. The van der Waals surface area contributed by atoms with Crippen LogP contribution in [0.15, 0.2) is 169 Å². The summed E-state index contributed by atoms with van der Waals surface area (Å²) in [4.78, 5) is 77.6. The van der Waals surface area contributed by atoms with Gasteiger partial charge in [-0.1, -0.05) is 159 Å². The molecule has 0 spiro atoms. The minimum absolute atomic E-state index is 0.0580. The first kappa shape index (κ1) is 98.3. The Hall–Kier alpha value is -9.18. The molecule has 10 aromatic rings. The summed E-state index contributed by atoms with van der Waals surface area (Å²) in [5.74, 6) is 7.92. The van der Waals surface area contributed by atoms with Gasteiger partial charge in [0.25, 0.3) is 5.91 Å². The van der Waals surface area contributed by atoms with Crippen LogP contribution in [0.4, 0.5) is 5.82 Å². The van der Waals surface area contributed by atoms with Crippen molar-refractivity contribution in [2.75, 3.05) is 57.3 Å². The minimum atomic E-state index is -0.836. The highest BCUT2D eigenvalue weighted by molar-refractivity contribution is 6.43. The van der Waals surface area contributed by atoms with Crippen LogP contribution < -0.4 is 20.9 Å². The van der Waals surface area contributed by atoms with Crippen LogP contribution >= 0.6 is 58.0 Å². The van der Waals surface area contributed by atoms with Gasteiger partial charge in [-0.3, -0.25) is 39.0 Å². The highest BCUT2D eigenvalue weighted by Gasteiger charge is 2.55. The number of Topliss-reactive ketones (excluding diaryl/α,β-unsaturated/α-hetero) is 2. The first-order valence-electron chi connectivity index (χ1n) is 48.2. The number of ketones is 2. The van der Waals surface area contributed by atoms with E-state index in [2.05, 4.69) is 111 Å². The second-order valence-electron chi connectivity index (χ2n) is 40.6. The number of hydrogen-bond donors (Lipinski definition) is 5. The Morgan fingerprint density at radius 2 is 1.33 bits per heavy atom. The lowest BCUT2D eigenvalue weighted by molar-refractivity contribution is -0.146. The van der Waals surface area contributed by atoms with Crippen LogP contribution in [0.25, 0.3) is 38.1 Å². The van der Waals surface area contributed by atoms with Gasteiger partial charge in [0.15, 0.2) is 11.6 Å². The van der Waals surface area contributed by atoms with Gasteiger partial charge in [-0.2, -0.15) is 6.57 Å². The molecule has 5 N–H and O–H groups in total. The molecule has 2 saturated heterocycles. The fraction of sp³-hybridized carbons (Fsp3) is 0.505. The lowest BCUT2D eigenvalue weighted by Crippen LogP contribution is -2.53. The van der Waals surface area contributed by atoms with E-state index in [1.165, 1.54) is 68.9 Å². The summed E-state index contributed by atoms with van der Waals surface area (Å²) in [6, 6.07) is 44.3. The average molecular weight is 1900 g/mol. The van der Waals surface area contributed by atoms with Gasteiger partial charge in [-0.15, -0.1) is 10.1 Å². The molecule has 1 unspecified atom stereocenters. The number of piperazine rings is 1. The number of tetrazole rings is 1. The first-order valence-corrected chi connectivity index (χ1v) is 50.1. The van der Waals surface area contributed by atoms with E-state index in [0.29, 0.717) is 104 Å². The number of benzene rings is 5. The molecule has 7 heterocycles. The number of rotatable bonds is 27. The second-order valence-corrected chi connectivity index (χ2v) is 42.7. The average Bonchev–Trinajstić information content (AvgIpc) is 1.02. The summed E-state index contributed by atoms with van der Waals surface area (Å²) in [5.41, 5.74) is 10.3. The molecular formula is C107H128Cl5N15O6. The lowest BCUT2D eigenvalue weighted by atomic mass is 9.48. The number of aryl methyl sites for hydroxylation is 1. The highest BCUT2D eigenvalue weighted by atomic mass is 35.5. The van der Waals surface area contributed by atoms with Gasteiger partial charge in [0, 0.05) is 154 Å². The Kier molecular flexibility index (Phi) is 33.8. The summed E-state index contributed by atoms with van der Waals surface area (Å²) in [7, 11) is 0. The van der Waals surface area contributed by atoms with Crippen LogP contribution in [0.5, 0.6) is 0 Å². The number of aliphatic hydroxyl groups is 2. The third-order valence-electron chi connectivity index (χ3n) is 29.7. The van der Waals surface area contributed by atoms with Crippen molar-refractivity contribution in [3.63, 3.8) is 0 Å². The van der Waals surface area contributed by atoms with Crippen molar-refractivity contribution in [1.82, 2.24) is 61.0 Å². The Morgan fingerprint density at radius 1 is 0.662 bits per heavy atom. The number of nitrogens with one attached hydrogen (secondary N) is 3. The van der Waals surface area contributed by atoms with Gasteiger partial charge in [0.1, 0.15) is 17.3 Å². The van der Waals surface area contributed by atoms with Gasteiger partial charge >= 0.3 is 0 Å². The topological polar surface area (TPSA) is 263 Å². The van der Waals surface area contributed by atoms with Gasteiger partial charge < -0.3 is 31.1 Å². The molecule has 21 nitrogen and oxygen atoms in total. The number of nitrogens with zero attached hydrogens (tertiary/aromatic N) is 12. The number of carbonyl (C=O) groups excluding carboxylic acids is 4. The van der Waals surface area contributed by atoms with Gasteiger partial charge in [0.2, 0.25) is 5.91 Å². The van der Waals surface area contributed by atoms with Crippen LogP contribution in [0.3, 0.4) is 0 Å². The number of halogens is 5. The molecule has 5 aromatic heterocycles. The zero-order chi connectivity index (χ0) is 93.2. The number of hydrogen-bond acceptors (Lipinski definition) is 17. The quantitative estimate of drug-likeness (QED) is 0.0105. The third kappa shape index (κ3) is 26.2. The van der Waals surface area contributed by atoms with Crippen molar-refractivity contribution in [3.05, 3.63) is 246 Å². The van der Waals surface area contributed by atoms with Gasteiger partial charge in [-0.05, 0) is 310 Å². The van der Waals surface area contributed by atoms with E-state index < -0.39 is 5.60 Å². The molecule has 26 heteroatoms. The molecule has 133 heavy (non-hydrogen) atoms. The highest BCUT2D eigenvalue weighted by Crippen LogP contribution is 2.63. The van der Waals surface area contributed by atoms with E-state index in [0.717, 1.165) is 226 Å². The van der Waals surface area contributed by atoms with Crippen molar-refractivity contribution in [2.24, 2.45) is 68.7 Å². The normalized spacial score (nSPS) is 22.9. The minimum Gasteiger partial charge on any atom is -0.396 e. The van der Waals surface area contributed by atoms with Crippen LogP contribution in [-0.2, 0) is 42.1 Å². The van der Waals surface area contributed by atoms with Crippen molar-refractivity contribution >= 4 is 115 Å². The zero-order valence-electron chi connectivity index (χ0n) is 77.4. The molecule has 8 bridgehead atoms. The van der Waals surface area contributed by atoms with E-state index in [-0.39, 0.29) is 47.4 Å². The second kappa shape index (κ2) is 45.6. The predicted octanol–water partition coefficient (Wildman–Crippen LogP) is 22.5. The van der Waals surface area contributed by atoms with Crippen molar-refractivity contribution in [1.29, 1.82) is 0 Å². The van der Waals surface area contributed by atoms with Gasteiger partial charge in [0.05, 0.1) is 53.9 Å². The molecule has 11 fully saturated rings. The first-order chi connectivity index (χ1) is 64.2. The predicted molar refractivity (Wildman–Crippen MR) is 532 cm³/mol. The Balaban J connectivity index is 0.000000128. The largest absolute Gasteiger partial charge is 0.396 e. The van der Waals surface area contributed by atoms with Crippen LogP contribution in [0, 0.1) is 77.1 Å². The molecule has 5 aromatic carbocycles. The number of amides is 2. The monoisotopic (exact) mass is 1890 g/mol. The molecule has 0 radical (unpaired) electrons. The van der Waals surface area contributed by atoms with Crippen LogP contribution in [0.1, 0.15) is 236 Å². The Morgan fingerprint density at radius 3 is 2.02 bits per heavy atom. The smallest absolute Gasteiger partial charge is 0.253 e. The summed E-state index contributed by atoms with van der Waals surface area (Å²) in [6.45, 7) is 24.2. The SMILES string of the molecule is Clc1cccc(-c2nnnn2Cc2cccnc2)c1Cl.O=C(CCC12CC3CC(CC(C3)C1)C2)c1cc(CN2CCNCC2)ccc1Cl.O=C(NCC1(O)CCCCCC1)c1c(Cl)ccc2nc(N3CC[C@H](CCCO)C3)ccc12.O=C(NCc1cccc2ncccc12)C12CC3CC(CC(C3)C1)C2.[C-]#[N+]/N=C(\Cc1cccnc1C)CC(CC(=O)Cc1ccc(Cl)cc1)C(C)(C)C. The van der Waals surface area contributed by atoms with Crippen molar-refractivity contribution < 1.29 is 29.4 Å². The molecule has 9 aliphatic carbocycles. The number of aliphatic hydroxyl groups excluding tert-OH is 1. The molecular weight excluding hydrogens is 1770 g/mol. The number of anilines is 1. The van der Waals surface area contributed by atoms with E-state index in [1.54, 1.807) is 35.4 Å². The molecule has 2 amide bonds. The van der Waals surface area contributed by atoms with Crippen LogP contribution in [-0.4, -0.2) is 142 Å². The van der Waals surface area contributed by atoms with E-state index in [1.807, 2.05) is 116 Å². The van der Waals surface area contributed by atoms with E-state index in [4.69, 9.17) is 74.7 Å². The Labute approximate surface area is 808 Å². The maximum atomic E-state index is 13.1.